The molecule has 0 spiro atoms. The minimum Gasteiger partial charge on any atom is -0.379 e. The van der Waals surface area contributed by atoms with Crippen LogP contribution in [0.4, 0.5) is 4.39 Å². The molecule has 6 nitrogen and oxygen atoms in total. The van der Waals surface area contributed by atoms with Crippen LogP contribution in [0.1, 0.15) is 11.3 Å². The number of halogens is 2. The summed E-state index contributed by atoms with van der Waals surface area (Å²) >= 11 is 6.32. The second kappa shape index (κ2) is 7.33. The molecule has 2 aromatic carbocycles. The van der Waals surface area contributed by atoms with Crippen molar-refractivity contribution in [3.8, 4) is 11.4 Å². The van der Waals surface area contributed by atoms with Crippen molar-refractivity contribution in [1.29, 1.82) is 0 Å². The van der Waals surface area contributed by atoms with E-state index in [4.69, 9.17) is 16.3 Å². The highest BCUT2D eigenvalue weighted by Crippen LogP contribution is 2.30. The van der Waals surface area contributed by atoms with Gasteiger partial charge in [-0.2, -0.15) is 0 Å². The fourth-order valence-corrected chi connectivity index (χ4v) is 4.03. The van der Waals surface area contributed by atoms with E-state index in [0.29, 0.717) is 22.1 Å². The van der Waals surface area contributed by atoms with Crippen molar-refractivity contribution in [3.63, 3.8) is 0 Å². The van der Waals surface area contributed by atoms with Crippen molar-refractivity contribution < 1.29 is 9.13 Å². The summed E-state index contributed by atoms with van der Waals surface area (Å²) in [6.07, 6.45) is 0. The lowest BCUT2D eigenvalue weighted by Crippen LogP contribution is -2.35. The fraction of sp³-hybridized carbons (Fsp3) is 0.286. The number of aryl methyl sites for hydroxylation is 1. The summed E-state index contributed by atoms with van der Waals surface area (Å²) < 4.78 is 20.9. The summed E-state index contributed by atoms with van der Waals surface area (Å²) in [4.78, 5) is 7.05. The molecule has 1 aliphatic rings. The lowest BCUT2D eigenvalue weighted by Gasteiger charge is -2.26. The van der Waals surface area contributed by atoms with Gasteiger partial charge in [-0.05, 0) is 42.8 Å². The summed E-state index contributed by atoms with van der Waals surface area (Å²) in [6.45, 7) is 6.10. The number of morpholine rings is 1. The number of benzene rings is 2. The van der Waals surface area contributed by atoms with Gasteiger partial charge in [0.1, 0.15) is 5.82 Å². The maximum absolute atomic E-state index is 13.5. The monoisotopic (exact) mass is 411 g/mol. The van der Waals surface area contributed by atoms with Gasteiger partial charge in [0.15, 0.2) is 11.5 Å². The minimum absolute atomic E-state index is 0.298. The molecule has 5 rings (SSSR count). The summed E-state index contributed by atoms with van der Waals surface area (Å²) in [6, 6.07) is 10.5. The van der Waals surface area contributed by atoms with E-state index in [9.17, 15) is 4.39 Å². The fourth-order valence-electron chi connectivity index (χ4n) is 3.78. The van der Waals surface area contributed by atoms with Crippen LogP contribution in [0.3, 0.4) is 0 Å². The van der Waals surface area contributed by atoms with Gasteiger partial charge in [0, 0.05) is 25.2 Å². The molecule has 0 amide bonds. The average Bonchev–Trinajstić information content (AvgIpc) is 3.15. The van der Waals surface area contributed by atoms with Crippen LogP contribution in [0, 0.1) is 12.7 Å². The summed E-state index contributed by atoms with van der Waals surface area (Å²) in [5, 5.41) is 8.97. The summed E-state index contributed by atoms with van der Waals surface area (Å²) in [7, 11) is 0. The topological polar surface area (TPSA) is 55.6 Å². The average molecular weight is 412 g/mol. The molecule has 2 aromatic heterocycles. The van der Waals surface area contributed by atoms with Crippen molar-refractivity contribution in [1.82, 2.24) is 24.5 Å². The highest BCUT2D eigenvalue weighted by molar-refractivity contribution is 6.33. The first-order valence-electron chi connectivity index (χ1n) is 9.50. The Morgan fingerprint density at radius 1 is 1.10 bits per heavy atom. The van der Waals surface area contributed by atoms with Crippen molar-refractivity contribution in [3.05, 3.63) is 58.5 Å². The molecule has 0 aliphatic carbocycles. The van der Waals surface area contributed by atoms with Crippen LogP contribution in [0.5, 0.6) is 0 Å². The Morgan fingerprint density at radius 2 is 1.93 bits per heavy atom. The molecule has 148 valence electrons. The summed E-state index contributed by atoms with van der Waals surface area (Å²) in [5.74, 6) is 0.187. The first kappa shape index (κ1) is 18.4. The molecule has 0 atom stereocenters. The van der Waals surface area contributed by atoms with E-state index in [2.05, 4.69) is 32.2 Å². The smallest absolute Gasteiger partial charge is 0.183 e. The molecular weight excluding hydrogens is 393 g/mol. The van der Waals surface area contributed by atoms with Crippen molar-refractivity contribution >= 4 is 28.3 Å². The predicted molar refractivity (Wildman–Crippen MR) is 110 cm³/mol. The number of fused-ring (bicyclic) bond motifs is 3. The van der Waals surface area contributed by atoms with Crippen LogP contribution in [0.25, 0.3) is 28.1 Å². The second-order valence-electron chi connectivity index (χ2n) is 7.22. The third-order valence-corrected chi connectivity index (χ3v) is 5.55. The molecule has 0 N–H and O–H groups in total. The highest BCUT2D eigenvalue weighted by Gasteiger charge is 2.18. The van der Waals surface area contributed by atoms with E-state index in [1.165, 1.54) is 17.7 Å². The van der Waals surface area contributed by atoms with E-state index < -0.39 is 0 Å². The Hall–Kier alpha value is -2.61. The van der Waals surface area contributed by atoms with Gasteiger partial charge in [0.25, 0.3) is 0 Å². The molecule has 3 heterocycles. The van der Waals surface area contributed by atoms with Gasteiger partial charge in [0.2, 0.25) is 0 Å². The van der Waals surface area contributed by atoms with Gasteiger partial charge < -0.3 is 4.74 Å². The van der Waals surface area contributed by atoms with Crippen LogP contribution in [-0.2, 0) is 11.3 Å². The Morgan fingerprint density at radius 3 is 2.72 bits per heavy atom. The van der Waals surface area contributed by atoms with Gasteiger partial charge in [-0.1, -0.05) is 17.7 Å². The second-order valence-corrected chi connectivity index (χ2v) is 7.62. The van der Waals surface area contributed by atoms with Crippen LogP contribution >= 0.6 is 11.6 Å². The van der Waals surface area contributed by atoms with Gasteiger partial charge in [-0.3, -0.25) is 9.30 Å². The van der Waals surface area contributed by atoms with E-state index >= 15 is 0 Å². The first-order valence-corrected chi connectivity index (χ1v) is 9.88. The predicted octanol–water partition coefficient (Wildman–Crippen LogP) is 3.88. The van der Waals surface area contributed by atoms with Crippen LogP contribution < -0.4 is 0 Å². The number of hydrogen-bond donors (Lipinski definition) is 0. The number of nitrogens with zero attached hydrogens (tertiary/aromatic N) is 5. The molecule has 0 unspecified atom stereocenters. The zero-order chi connectivity index (χ0) is 20.0. The molecule has 4 aromatic rings. The standard InChI is InChI=1S/C21H19ClFN5O/c1-13-20-25-26-21(16-4-3-15(23)11-17(16)22)28(20)19-10-14(2-5-18(19)24-13)12-27-6-8-29-9-7-27/h2-5,10-11H,6-9,12H2,1H3. The van der Waals surface area contributed by atoms with E-state index in [-0.39, 0.29) is 5.82 Å². The molecule has 0 bridgehead atoms. The van der Waals surface area contributed by atoms with E-state index in [0.717, 1.165) is 49.6 Å². The van der Waals surface area contributed by atoms with Crippen LogP contribution in [0.2, 0.25) is 5.02 Å². The molecular formula is C21H19ClFN5O. The van der Waals surface area contributed by atoms with Crippen molar-refractivity contribution in [2.45, 2.75) is 13.5 Å². The molecule has 1 fully saturated rings. The van der Waals surface area contributed by atoms with Crippen molar-refractivity contribution in [2.24, 2.45) is 0 Å². The molecule has 0 saturated carbocycles. The maximum atomic E-state index is 13.5. The normalized spacial score (nSPS) is 15.4. The lowest BCUT2D eigenvalue weighted by molar-refractivity contribution is 0.0342. The molecule has 0 radical (unpaired) electrons. The zero-order valence-electron chi connectivity index (χ0n) is 15.9. The van der Waals surface area contributed by atoms with Gasteiger partial charge >= 0.3 is 0 Å². The first-order chi connectivity index (χ1) is 14.1. The number of ether oxygens (including phenoxy) is 1. The Balaban J connectivity index is 1.68. The van der Waals surface area contributed by atoms with Crippen molar-refractivity contribution in [2.75, 3.05) is 26.3 Å². The Labute approximate surface area is 171 Å². The number of rotatable bonds is 3. The van der Waals surface area contributed by atoms with Gasteiger partial charge in [-0.15, -0.1) is 10.2 Å². The van der Waals surface area contributed by atoms with Crippen LogP contribution in [0.15, 0.2) is 36.4 Å². The Bertz CT molecular complexity index is 1220. The SMILES string of the molecule is Cc1nc2ccc(CN3CCOCC3)cc2n2c(-c3ccc(F)cc3Cl)nnc12. The zero-order valence-corrected chi connectivity index (χ0v) is 16.7. The number of hydrogen-bond acceptors (Lipinski definition) is 5. The van der Waals surface area contributed by atoms with Crippen LogP contribution in [-0.4, -0.2) is 50.8 Å². The maximum Gasteiger partial charge on any atom is 0.183 e. The Kier molecular flexibility index (Phi) is 4.66. The molecule has 8 heteroatoms. The largest absolute Gasteiger partial charge is 0.379 e. The number of aromatic nitrogens is 4. The summed E-state index contributed by atoms with van der Waals surface area (Å²) in [5.41, 5.74) is 4.99. The third kappa shape index (κ3) is 3.35. The van der Waals surface area contributed by atoms with E-state index in [1.54, 1.807) is 6.07 Å². The molecule has 29 heavy (non-hydrogen) atoms. The molecule has 1 saturated heterocycles. The molecule has 1 aliphatic heterocycles. The minimum atomic E-state index is -0.386. The van der Waals surface area contributed by atoms with Gasteiger partial charge in [-0.25, -0.2) is 9.37 Å². The quantitative estimate of drug-likeness (QED) is 0.512. The van der Waals surface area contributed by atoms with E-state index in [1.807, 2.05) is 17.4 Å². The van der Waals surface area contributed by atoms with Gasteiger partial charge in [0.05, 0.1) is 35.0 Å². The lowest BCUT2D eigenvalue weighted by atomic mass is 10.1. The highest BCUT2D eigenvalue weighted by atomic mass is 35.5. The third-order valence-electron chi connectivity index (χ3n) is 5.24.